The number of carbonyl (C=O) groups is 1. The Bertz CT molecular complexity index is 943. The number of hydrogen-bond acceptors (Lipinski definition) is 4. The number of halogens is 1. The van der Waals surface area contributed by atoms with E-state index < -0.39 is 0 Å². The van der Waals surface area contributed by atoms with Crippen LogP contribution in [0, 0.1) is 11.7 Å². The molecule has 0 saturated heterocycles. The molecule has 1 N–H and O–H groups in total. The zero-order chi connectivity index (χ0) is 20.6. The van der Waals surface area contributed by atoms with E-state index in [9.17, 15) is 9.18 Å². The largest absolute Gasteiger partial charge is 0.355 e. The summed E-state index contributed by atoms with van der Waals surface area (Å²) in [5.74, 6) is 0.726. The van der Waals surface area contributed by atoms with Gasteiger partial charge in [0.15, 0.2) is 11.0 Å². The van der Waals surface area contributed by atoms with Crippen molar-refractivity contribution in [1.82, 2.24) is 20.1 Å². The Morgan fingerprint density at radius 2 is 1.83 bits per heavy atom. The number of amides is 1. The molecule has 0 saturated carbocycles. The summed E-state index contributed by atoms with van der Waals surface area (Å²) < 4.78 is 16.3. The van der Waals surface area contributed by atoms with Gasteiger partial charge < -0.3 is 9.88 Å². The molecule has 0 spiro atoms. The summed E-state index contributed by atoms with van der Waals surface area (Å²) in [5.41, 5.74) is 1.58. The van der Waals surface area contributed by atoms with Gasteiger partial charge in [-0.3, -0.25) is 4.79 Å². The van der Waals surface area contributed by atoms with E-state index in [4.69, 9.17) is 0 Å². The van der Waals surface area contributed by atoms with E-state index in [-0.39, 0.29) is 17.5 Å². The zero-order valence-corrected chi connectivity index (χ0v) is 17.5. The second-order valence-corrected chi connectivity index (χ2v) is 8.10. The molecule has 1 heterocycles. The Kier molecular flexibility index (Phi) is 7.41. The minimum absolute atomic E-state index is 0.0475. The molecule has 7 heteroatoms. The van der Waals surface area contributed by atoms with Crippen molar-refractivity contribution in [3.05, 3.63) is 66.0 Å². The summed E-state index contributed by atoms with van der Waals surface area (Å²) in [4.78, 5) is 12.1. The minimum atomic E-state index is -0.341. The number of aromatic nitrogens is 3. The van der Waals surface area contributed by atoms with Gasteiger partial charge in [0.25, 0.3) is 0 Å². The maximum atomic E-state index is 14.4. The molecule has 0 unspecified atom stereocenters. The highest BCUT2D eigenvalue weighted by Gasteiger charge is 2.18. The van der Waals surface area contributed by atoms with E-state index in [0.717, 1.165) is 6.42 Å². The number of rotatable bonds is 9. The third-order valence-electron chi connectivity index (χ3n) is 4.34. The molecule has 1 aromatic heterocycles. The molecule has 0 aliphatic heterocycles. The van der Waals surface area contributed by atoms with Gasteiger partial charge in [-0.05, 0) is 30.0 Å². The number of carbonyl (C=O) groups excluding carboxylic acids is 1. The molecule has 0 aliphatic rings. The van der Waals surface area contributed by atoms with Crippen molar-refractivity contribution in [2.45, 2.75) is 32.0 Å². The highest BCUT2D eigenvalue weighted by molar-refractivity contribution is 7.99. The van der Waals surface area contributed by atoms with Crippen LogP contribution in [0.2, 0.25) is 0 Å². The molecule has 2 aromatic carbocycles. The van der Waals surface area contributed by atoms with E-state index in [1.807, 2.05) is 36.6 Å². The fourth-order valence-corrected chi connectivity index (χ4v) is 3.62. The fraction of sp³-hybridized carbons (Fsp3) is 0.318. The van der Waals surface area contributed by atoms with Crippen LogP contribution in [0.3, 0.4) is 0 Å². The number of aryl methyl sites for hydroxylation is 1. The van der Waals surface area contributed by atoms with Gasteiger partial charge in [-0.15, -0.1) is 10.2 Å². The van der Waals surface area contributed by atoms with Crippen LogP contribution in [0.1, 0.15) is 19.4 Å². The number of hydrogen-bond donors (Lipinski definition) is 1. The summed E-state index contributed by atoms with van der Waals surface area (Å²) in [6.45, 7) is 5.33. The van der Waals surface area contributed by atoms with Crippen molar-refractivity contribution in [2.75, 3.05) is 12.3 Å². The van der Waals surface area contributed by atoms with E-state index in [1.165, 1.54) is 23.4 Å². The van der Waals surface area contributed by atoms with Gasteiger partial charge in [-0.2, -0.15) is 0 Å². The Labute approximate surface area is 174 Å². The molecule has 29 heavy (non-hydrogen) atoms. The molecule has 3 aromatic rings. The Hall–Kier alpha value is -2.67. The van der Waals surface area contributed by atoms with Crippen molar-refractivity contribution in [3.63, 3.8) is 0 Å². The Balaban J connectivity index is 1.80. The van der Waals surface area contributed by atoms with Crippen LogP contribution in [0.5, 0.6) is 0 Å². The van der Waals surface area contributed by atoms with Gasteiger partial charge >= 0.3 is 0 Å². The maximum Gasteiger partial charge on any atom is 0.230 e. The zero-order valence-electron chi connectivity index (χ0n) is 16.6. The summed E-state index contributed by atoms with van der Waals surface area (Å²) >= 11 is 1.32. The monoisotopic (exact) mass is 412 g/mol. The first-order valence-electron chi connectivity index (χ1n) is 9.66. The Morgan fingerprint density at radius 3 is 2.55 bits per heavy atom. The lowest BCUT2D eigenvalue weighted by atomic mass is 10.1. The lowest BCUT2D eigenvalue weighted by molar-refractivity contribution is -0.118. The van der Waals surface area contributed by atoms with Crippen LogP contribution < -0.4 is 5.32 Å². The summed E-state index contributed by atoms with van der Waals surface area (Å²) in [6, 6.07) is 16.6. The summed E-state index contributed by atoms with van der Waals surface area (Å²) in [6.07, 6.45) is 0.757. The minimum Gasteiger partial charge on any atom is -0.355 e. The standard InChI is InChI=1S/C22H25FN4OS/c1-16(2)14-24-20(28)15-29-22-26-25-21(18-10-6-7-11-19(18)23)27(22)13-12-17-8-4-3-5-9-17/h3-11,16H,12-15H2,1-2H3,(H,24,28). The summed E-state index contributed by atoms with van der Waals surface area (Å²) in [7, 11) is 0. The van der Waals surface area contributed by atoms with Crippen LogP contribution in [-0.4, -0.2) is 33.0 Å². The van der Waals surface area contributed by atoms with Crippen molar-refractivity contribution in [1.29, 1.82) is 0 Å². The number of benzene rings is 2. The lowest BCUT2D eigenvalue weighted by Crippen LogP contribution is -2.28. The SMILES string of the molecule is CC(C)CNC(=O)CSc1nnc(-c2ccccc2F)n1CCc1ccccc1. The van der Waals surface area contributed by atoms with Gasteiger partial charge in [0, 0.05) is 13.1 Å². The van der Waals surface area contributed by atoms with Gasteiger partial charge in [0.05, 0.1) is 11.3 Å². The molecule has 1 amide bonds. The van der Waals surface area contributed by atoms with Crippen molar-refractivity contribution < 1.29 is 9.18 Å². The van der Waals surface area contributed by atoms with Crippen molar-refractivity contribution >= 4 is 17.7 Å². The maximum absolute atomic E-state index is 14.4. The fourth-order valence-electron chi connectivity index (χ4n) is 2.82. The molecule has 0 aliphatic carbocycles. The van der Waals surface area contributed by atoms with Crippen LogP contribution >= 0.6 is 11.8 Å². The molecule has 5 nitrogen and oxygen atoms in total. The quantitative estimate of drug-likeness (QED) is 0.536. The third kappa shape index (κ3) is 5.90. The Morgan fingerprint density at radius 1 is 1.10 bits per heavy atom. The van der Waals surface area contributed by atoms with E-state index >= 15 is 0 Å². The molecule has 0 radical (unpaired) electrons. The molecular formula is C22H25FN4OS. The van der Waals surface area contributed by atoms with Gasteiger partial charge in [0.1, 0.15) is 5.82 Å². The lowest BCUT2D eigenvalue weighted by Gasteiger charge is -2.11. The molecule has 3 rings (SSSR count). The first kappa shape index (κ1) is 21.0. The smallest absolute Gasteiger partial charge is 0.230 e. The van der Waals surface area contributed by atoms with Crippen LogP contribution in [0.25, 0.3) is 11.4 Å². The van der Waals surface area contributed by atoms with Gasteiger partial charge in [-0.25, -0.2) is 4.39 Å². The first-order valence-corrected chi connectivity index (χ1v) is 10.6. The average Bonchev–Trinajstić information content (AvgIpc) is 3.12. The summed E-state index contributed by atoms with van der Waals surface area (Å²) in [5, 5.41) is 12.0. The van der Waals surface area contributed by atoms with E-state index in [1.54, 1.807) is 18.2 Å². The van der Waals surface area contributed by atoms with Gasteiger partial charge in [-0.1, -0.05) is 68.1 Å². The topological polar surface area (TPSA) is 59.8 Å². The molecule has 0 fully saturated rings. The molecular weight excluding hydrogens is 387 g/mol. The number of thioether (sulfide) groups is 1. The molecule has 0 bridgehead atoms. The average molecular weight is 413 g/mol. The van der Waals surface area contributed by atoms with E-state index in [0.29, 0.717) is 35.6 Å². The second kappa shape index (κ2) is 10.2. The normalized spacial score (nSPS) is 11.0. The first-order chi connectivity index (χ1) is 14.0. The molecule has 152 valence electrons. The number of nitrogens with one attached hydrogen (secondary N) is 1. The molecule has 0 atom stereocenters. The highest BCUT2D eigenvalue weighted by Crippen LogP contribution is 2.26. The second-order valence-electron chi connectivity index (χ2n) is 7.16. The third-order valence-corrected chi connectivity index (χ3v) is 5.31. The van der Waals surface area contributed by atoms with Crippen molar-refractivity contribution in [2.24, 2.45) is 5.92 Å². The van der Waals surface area contributed by atoms with Crippen LogP contribution in [-0.2, 0) is 17.8 Å². The highest BCUT2D eigenvalue weighted by atomic mass is 32.2. The predicted molar refractivity (Wildman–Crippen MR) is 114 cm³/mol. The van der Waals surface area contributed by atoms with E-state index in [2.05, 4.69) is 27.6 Å². The van der Waals surface area contributed by atoms with Gasteiger partial charge in [0.2, 0.25) is 5.91 Å². The van der Waals surface area contributed by atoms with Crippen LogP contribution in [0.15, 0.2) is 59.8 Å². The predicted octanol–water partition coefficient (Wildman–Crippen LogP) is 4.19. The van der Waals surface area contributed by atoms with Crippen molar-refractivity contribution in [3.8, 4) is 11.4 Å². The van der Waals surface area contributed by atoms with Crippen LogP contribution in [0.4, 0.5) is 4.39 Å². The number of nitrogens with zero attached hydrogens (tertiary/aromatic N) is 3.